The molecule has 0 saturated heterocycles. The average Bonchev–Trinajstić information content (AvgIpc) is 2.65. The molecule has 0 spiro atoms. The third-order valence-corrected chi connectivity index (χ3v) is 5.65. The normalized spacial score (nSPS) is 11.1. The monoisotopic (exact) mass is 366 g/mol. The van der Waals surface area contributed by atoms with E-state index in [4.69, 9.17) is 5.73 Å². The molecule has 0 heterocycles. The molecule has 3 rings (SSSR count). The van der Waals surface area contributed by atoms with Crippen LogP contribution in [0.2, 0.25) is 0 Å². The summed E-state index contributed by atoms with van der Waals surface area (Å²) in [6.07, 6.45) is -0.0150. The fourth-order valence-electron chi connectivity index (χ4n) is 2.54. The smallest absolute Gasteiger partial charge is 0.228 e. The van der Waals surface area contributed by atoms with Crippen LogP contribution < -0.4 is 11.1 Å². The highest BCUT2D eigenvalue weighted by atomic mass is 32.2. The number of carbonyl (C=O) groups excluding carboxylic acids is 1. The van der Waals surface area contributed by atoms with Crippen LogP contribution in [0, 0.1) is 0 Å². The number of hydrogen-bond acceptors (Lipinski definition) is 4. The fraction of sp³-hybridized carbons (Fsp3) is 0.0500. The third-order valence-electron chi connectivity index (χ3n) is 3.89. The van der Waals surface area contributed by atoms with Gasteiger partial charge in [0.2, 0.25) is 15.7 Å². The molecule has 3 aromatic rings. The van der Waals surface area contributed by atoms with Crippen LogP contribution in [0.1, 0.15) is 5.56 Å². The summed E-state index contributed by atoms with van der Waals surface area (Å²) in [5.74, 6) is -0.267. The maximum absolute atomic E-state index is 12.7. The number of nitrogens with one attached hydrogen (secondary N) is 1. The van der Waals surface area contributed by atoms with E-state index < -0.39 is 9.84 Å². The lowest BCUT2D eigenvalue weighted by Gasteiger charge is -2.10. The second kappa shape index (κ2) is 7.41. The highest BCUT2D eigenvalue weighted by Gasteiger charge is 2.19. The third kappa shape index (κ3) is 3.92. The molecule has 0 bridgehead atoms. The van der Waals surface area contributed by atoms with Gasteiger partial charge in [0.15, 0.2) is 0 Å². The van der Waals surface area contributed by atoms with Gasteiger partial charge < -0.3 is 11.1 Å². The Morgan fingerprint density at radius 3 is 2.12 bits per heavy atom. The zero-order chi connectivity index (χ0) is 18.6. The summed E-state index contributed by atoms with van der Waals surface area (Å²) in [6, 6.07) is 21.6. The molecule has 3 N–H and O–H groups in total. The standard InChI is InChI=1S/C20H18N2O3S/c21-19-12-11-18(26(24,25)17-9-5-2-6-10-17)13-15(19)14-20(23)22-16-7-3-1-4-8-16/h1-13H,14,21H2,(H,22,23). The lowest BCUT2D eigenvalue weighted by Crippen LogP contribution is -2.15. The van der Waals surface area contributed by atoms with E-state index in [2.05, 4.69) is 5.32 Å². The summed E-state index contributed by atoms with van der Waals surface area (Å²) in [5, 5.41) is 2.76. The molecular weight excluding hydrogens is 348 g/mol. The van der Waals surface area contributed by atoms with Crippen LogP contribution in [-0.4, -0.2) is 14.3 Å². The van der Waals surface area contributed by atoms with Gasteiger partial charge in [-0.2, -0.15) is 0 Å². The van der Waals surface area contributed by atoms with E-state index in [1.807, 2.05) is 18.2 Å². The van der Waals surface area contributed by atoms with E-state index in [1.54, 1.807) is 30.3 Å². The molecule has 5 nitrogen and oxygen atoms in total. The topological polar surface area (TPSA) is 89.3 Å². The van der Waals surface area contributed by atoms with Crippen LogP contribution in [0.4, 0.5) is 11.4 Å². The largest absolute Gasteiger partial charge is 0.398 e. The van der Waals surface area contributed by atoms with Gasteiger partial charge in [0.25, 0.3) is 0 Å². The van der Waals surface area contributed by atoms with Gasteiger partial charge in [0.05, 0.1) is 16.2 Å². The molecule has 0 fully saturated rings. The number of para-hydroxylation sites is 1. The van der Waals surface area contributed by atoms with Gasteiger partial charge in [0.1, 0.15) is 0 Å². The van der Waals surface area contributed by atoms with E-state index in [9.17, 15) is 13.2 Å². The molecule has 0 aromatic heterocycles. The van der Waals surface area contributed by atoms with Crippen molar-refractivity contribution in [3.63, 3.8) is 0 Å². The summed E-state index contributed by atoms with van der Waals surface area (Å²) in [4.78, 5) is 12.6. The molecule has 0 radical (unpaired) electrons. The van der Waals surface area contributed by atoms with Crippen LogP contribution in [0.3, 0.4) is 0 Å². The van der Waals surface area contributed by atoms with E-state index in [0.717, 1.165) is 0 Å². The number of nitrogen functional groups attached to an aromatic ring is 1. The second-order valence-electron chi connectivity index (χ2n) is 5.77. The van der Waals surface area contributed by atoms with Gasteiger partial charge in [-0.15, -0.1) is 0 Å². The van der Waals surface area contributed by atoms with Gasteiger partial charge >= 0.3 is 0 Å². The quantitative estimate of drug-likeness (QED) is 0.678. The Bertz CT molecular complexity index is 1020. The molecule has 0 aliphatic rings. The van der Waals surface area contributed by atoms with Crippen LogP contribution in [-0.2, 0) is 21.1 Å². The highest BCUT2D eigenvalue weighted by molar-refractivity contribution is 7.91. The van der Waals surface area contributed by atoms with Crippen molar-refractivity contribution in [1.82, 2.24) is 0 Å². The first-order chi connectivity index (χ1) is 12.5. The maximum Gasteiger partial charge on any atom is 0.228 e. The second-order valence-corrected chi connectivity index (χ2v) is 7.72. The summed E-state index contributed by atoms with van der Waals surface area (Å²) < 4.78 is 25.5. The molecule has 0 aliphatic heterocycles. The summed E-state index contributed by atoms with van der Waals surface area (Å²) in [6.45, 7) is 0. The fourth-order valence-corrected chi connectivity index (χ4v) is 3.87. The lowest BCUT2D eigenvalue weighted by atomic mass is 10.1. The Labute approximate surface area is 152 Å². The number of amides is 1. The first kappa shape index (κ1) is 17.7. The molecule has 132 valence electrons. The van der Waals surface area contributed by atoms with Crippen molar-refractivity contribution in [3.05, 3.63) is 84.4 Å². The SMILES string of the molecule is Nc1ccc(S(=O)(=O)c2ccccc2)cc1CC(=O)Nc1ccccc1. The number of rotatable bonds is 5. The van der Waals surface area contributed by atoms with E-state index in [0.29, 0.717) is 16.9 Å². The van der Waals surface area contributed by atoms with Crippen molar-refractivity contribution in [2.45, 2.75) is 16.2 Å². The summed E-state index contributed by atoms with van der Waals surface area (Å²) >= 11 is 0. The lowest BCUT2D eigenvalue weighted by molar-refractivity contribution is -0.115. The van der Waals surface area contributed by atoms with Crippen LogP contribution in [0.15, 0.2) is 88.7 Å². The minimum atomic E-state index is -3.66. The van der Waals surface area contributed by atoms with Crippen molar-refractivity contribution in [3.8, 4) is 0 Å². The maximum atomic E-state index is 12.7. The Kier molecular flexibility index (Phi) is 5.04. The van der Waals surface area contributed by atoms with Gasteiger partial charge in [-0.1, -0.05) is 36.4 Å². The van der Waals surface area contributed by atoms with Crippen molar-refractivity contribution < 1.29 is 13.2 Å². The minimum Gasteiger partial charge on any atom is -0.398 e. The molecule has 6 heteroatoms. The first-order valence-electron chi connectivity index (χ1n) is 8.00. The summed E-state index contributed by atoms with van der Waals surface area (Å²) in [5.41, 5.74) is 7.45. The van der Waals surface area contributed by atoms with Crippen molar-refractivity contribution in [1.29, 1.82) is 0 Å². The Hall–Kier alpha value is -3.12. The van der Waals surface area contributed by atoms with Crippen LogP contribution >= 0.6 is 0 Å². The number of carbonyl (C=O) groups is 1. The number of hydrogen-bond donors (Lipinski definition) is 2. The molecule has 0 atom stereocenters. The van der Waals surface area contributed by atoms with Gasteiger partial charge in [-0.05, 0) is 48.0 Å². The molecule has 3 aromatic carbocycles. The minimum absolute atomic E-state index is 0.0150. The van der Waals surface area contributed by atoms with E-state index in [1.165, 1.54) is 30.3 Å². The highest BCUT2D eigenvalue weighted by Crippen LogP contribution is 2.24. The summed E-state index contributed by atoms with van der Waals surface area (Å²) in [7, 11) is -3.66. The Morgan fingerprint density at radius 2 is 1.46 bits per heavy atom. The molecule has 0 unspecified atom stereocenters. The zero-order valence-electron chi connectivity index (χ0n) is 13.9. The van der Waals surface area contributed by atoms with Gasteiger partial charge in [-0.3, -0.25) is 4.79 Å². The molecule has 0 aliphatic carbocycles. The predicted octanol–water partition coefficient (Wildman–Crippen LogP) is 3.28. The van der Waals surface area contributed by atoms with Crippen LogP contribution in [0.5, 0.6) is 0 Å². The first-order valence-corrected chi connectivity index (χ1v) is 9.48. The predicted molar refractivity (Wildman–Crippen MR) is 102 cm³/mol. The van der Waals surface area contributed by atoms with Gasteiger partial charge in [-0.25, -0.2) is 8.42 Å². The molecule has 0 saturated carbocycles. The molecular formula is C20H18N2O3S. The number of benzene rings is 3. The van der Waals surface area contributed by atoms with E-state index in [-0.39, 0.29) is 22.1 Å². The number of nitrogens with two attached hydrogens (primary N) is 1. The molecule has 26 heavy (non-hydrogen) atoms. The average molecular weight is 366 g/mol. The molecule has 1 amide bonds. The Morgan fingerprint density at radius 1 is 0.846 bits per heavy atom. The van der Waals surface area contributed by atoms with Gasteiger partial charge in [0, 0.05) is 11.4 Å². The number of sulfone groups is 1. The van der Waals surface area contributed by atoms with E-state index >= 15 is 0 Å². The van der Waals surface area contributed by atoms with Crippen molar-refractivity contribution >= 4 is 27.1 Å². The number of anilines is 2. The van der Waals surface area contributed by atoms with Crippen molar-refractivity contribution in [2.75, 3.05) is 11.1 Å². The zero-order valence-corrected chi connectivity index (χ0v) is 14.7. The Balaban J connectivity index is 1.85. The van der Waals surface area contributed by atoms with Crippen LogP contribution in [0.25, 0.3) is 0 Å². The van der Waals surface area contributed by atoms with Crippen molar-refractivity contribution in [2.24, 2.45) is 0 Å².